The minimum absolute atomic E-state index is 0.826. The molecule has 0 radical (unpaired) electrons. The lowest BCUT2D eigenvalue weighted by Gasteiger charge is -2.21. The third-order valence-electron chi connectivity index (χ3n) is 3.33. The molecular formula is C17H22N2. The Hall–Kier alpha value is -1.96. The van der Waals surface area contributed by atoms with Crippen LogP contribution in [-0.2, 0) is 13.0 Å². The molecule has 0 unspecified atom stereocenters. The van der Waals surface area contributed by atoms with E-state index in [-0.39, 0.29) is 0 Å². The van der Waals surface area contributed by atoms with Crippen molar-refractivity contribution in [3.05, 3.63) is 59.7 Å². The second-order valence-corrected chi connectivity index (χ2v) is 4.98. The zero-order valence-corrected chi connectivity index (χ0v) is 11.8. The smallest absolute Gasteiger partial charge is 0.0600 e. The molecule has 0 spiro atoms. The van der Waals surface area contributed by atoms with Gasteiger partial charge in [-0.25, -0.2) is 0 Å². The van der Waals surface area contributed by atoms with Crippen LogP contribution in [0.25, 0.3) is 0 Å². The van der Waals surface area contributed by atoms with Gasteiger partial charge < -0.3 is 10.6 Å². The van der Waals surface area contributed by atoms with Crippen molar-refractivity contribution < 1.29 is 0 Å². The van der Waals surface area contributed by atoms with Crippen molar-refractivity contribution >= 4 is 11.4 Å². The number of nitrogen functional groups attached to an aromatic ring is 1. The number of para-hydroxylation sites is 2. The number of hydrogen-bond acceptors (Lipinski definition) is 2. The van der Waals surface area contributed by atoms with E-state index in [0.717, 1.165) is 24.3 Å². The maximum absolute atomic E-state index is 6.00. The Morgan fingerprint density at radius 1 is 0.947 bits per heavy atom. The lowest BCUT2D eigenvalue weighted by molar-refractivity contribution is 0.905. The van der Waals surface area contributed by atoms with Gasteiger partial charge in [-0.05, 0) is 29.7 Å². The Labute approximate surface area is 115 Å². The highest BCUT2D eigenvalue weighted by molar-refractivity contribution is 5.66. The predicted molar refractivity (Wildman–Crippen MR) is 83.4 cm³/mol. The van der Waals surface area contributed by atoms with Crippen molar-refractivity contribution in [3.63, 3.8) is 0 Å². The first-order chi connectivity index (χ1) is 9.20. The molecule has 0 aliphatic rings. The summed E-state index contributed by atoms with van der Waals surface area (Å²) in [6, 6.07) is 16.8. The molecule has 0 fully saturated rings. The van der Waals surface area contributed by atoms with Crippen molar-refractivity contribution in [2.24, 2.45) is 0 Å². The Kier molecular flexibility index (Phi) is 4.45. The van der Waals surface area contributed by atoms with Crippen molar-refractivity contribution in [2.75, 3.05) is 17.7 Å². The summed E-state index contributed by atoms with van der Waals surface area (Å²) in [5.41, 5.74) is 10.6. The highest BCUT2D eigenvalue weighted by Crippen LogP contribution is 2.22. The SMILES string of the molecule is CCCc1ccc(CN(C)c2ccccc2N)cc1. The highest BCUT2D eigenvalue weighted by Gasteiger charge is 2.05. The first kappa shape index (κ1) is 13.5. The molecule has 0 amide bonds. The fourth-order valence-electron chi connectivity index (χ4n) is 2.29. The summed E-state index contributed by atoms with van der Waals surface area (Å²) in [6.45, 7) is 3.08. The quantitative estimate of drug-likeness (QED) is 0.821. The largest absolute Gasteiger partial charge is 0.397 e. The van der Waals surface area contributed by atoms with Gasteiger partial charge in [0, 0.05) is 13.6 Å². The van der Waals surface area contributed by atoms with Crippen molar-refractivity contribution in [1.82, 2.24) is 0 Å². The summed E-state index contributed by atoms with van der Waals surface area (Å²) < 4.78 is 0. The summed E-state index contributed by atoms with van der Waals surface area (Å²) in [6.07, 6.45) is 2.35. The van der Waals surface area contributed by atoms with Crippen LogP contribution >= 0.6 is 0 Å². The van der Waals surface area contributed by atoms with Crippen molar-refractivity contribution in [3.8, 4) is 0 Å². The van der Waals surface area contributed by atoms with E-state index < -0.39 is 0 Å². The number of aryl methyl sites for hydroxylation is 1. The third kappa shape index (κ3) is 3.50. The second kappa shape index (κ2) is 6.28. The van der Waals surface area contributed by atoms with E-state index in [1.807, 2.05) is 18.2 Å². The van der Waals surface area contributed by atoms with E-state index >= 15 is 0 Å². The van der Waals surface area contributed by atoms with E-state index in [2.05, 4.69) is 49.2 Å². The minimum atomic E-state index is 0.826. The van der Waals surface area contributed by atoms with E-state index in [1.165, 1.54) is 17.5 Å². The highest BCUT2D eigenvalue weighted by atomic mass is 15.1. The Morgan fingerprint density at radius 2 is 1.58 bits per heavy atom. The van der Waals surface area contributed by atoms with E-state index in [4.69, 9.17) is 5.73 Å². The molecule has 2 aromatic rings. The number of nitrogens with zero attached hydrogens (tertiary/aromatic N) is 1. The molecule has 2 heteroatoms. The van der Waals surface area contributed by atoms with Crippen LogP contribution in [0.5, 0.6) is 0 Å². The molecule has 2 rings (SSSR count). The summed E-state index contributed by atoms with van der Waals surface area (Å²) in [5, 5.41) is 0. The van der Waals surface area contributed by atoms with Crippen LogP contribution < -0.4 is 10.6 Å². The van der Waals surface area contributed by atoms with Gasteiger partial charge in [0.2, 0.25) is 0 Å². The van der Waals surface area contributed by atoms with Crippen LogP contribution in [0.4, 0.5) is 11.4 Å². The maximum atomic E-state index is 6.00. The molecule has 100 valence electrons. The molecule has 0 aliphatic heterocycles. The molecule has 2 aromatic carbocycles. The van der Waals surface area contributed by atoms with Gasteiger partial charge in [-0.2, -0.15) is 0 Å². The lowest BCUT2D eigenvalue weighted by atomic mass is 10.1. The minimum Gasteiger partial charge on any atom is -0.397 e. The molecule has 2 nitrogen and oxygen atoms in total. The molecule has 0 saturated carbocycles. The number of benzene rings is 2. The third-order valence-corrected chi connectivity index (χ3v) is 3.33. The van der Waals surface area contributed by atoms with Gasteiger partial charge in [0.15, 0.2) is 0 Å². The summed E-state index contributed by atoms with van der Waals surface area (Å²) in [4.78, 5) is 2.18. The number of anilines is 2. The van der Waals surface area contributed by atoms with Crippen LogP contribution in [0.15, 0.2) is 48.5 Å². The van der Waals surface area contributed by atoms with Gasteiger partial charge in [-0.15, -0.1) is 0 Å². The molecule has 0 atom stereocenters. The molecule has 0 saturated heterocycles. The predicted octanol–water partition coefficient (Wildman–Crippen LogP) is 3.86. The van der Waals surface area contributed by atoms with Gasteiger partial charge in [-0.1, -0.05) is 49.7 Å². The fourth-order valence-corrected chi connectivity index (χ4v) is 2.29. The van der Waals surface area contributed by atoms with Gasteiger partial charge in [-0.3, -0.25) is 0 Å². The summed E-state index contributed by atoms with van der Waals surface area (Å²) in [7, 11) is 2.08. The zero-order valence-electron chi connectivity index (χ0n) is 11.8. The van der Waals surface area contributed by atoms with Crippen molar-refractivity contribution in [1.29, 1.82) is 0 Å². The van der Waals surface area contributed by atoms with E-state index in [1.54, 1.807) is 0 Å². The first-order valence-electron chi connectivity index (χ1n) is 6.84. The lowest BCUT2D eigenvalue weighted by Crippen LogP contribution is -2.17. The number of hydrogen-bond donors (Lipinski definition) is 1. The average molecular weight is 254 g/mol. The topological polar surface area (TPSA) is 29.3 Å². The van der Waals surface area contributed by atoms with E-state index in [9.17, 15) is 0 Å². The molecule has 0 bridgehead atoms. The normalized spacial score (nSPS) is 10.4. The van der Waals surface area contributed by atoms with Gasteiger partial charge in [0.25, 0.3) is 0 Å². The standard InChI is InChI=1S/C17H22N2/c1-3-6-14-9-11-15(12-10-14)13-19(2)17-8-5-4-7-16(17)18/h4-5,7-12H,3,6,13,18H2,1-2H3. The van der Waals surface area contributed by atoms with Gasteiger partial charge >= 0.3 is 0 Å². The monoisotopic (exact) mass is 254 g/mol. The van der Waals surface area contributed by atoms with Gasteiger partial charge in [0.05, 0.1) is 11.4 Å². The molecule has 0 aliphatic carbocycles. The van der Waals surface area contributed by atoms with Gasteiger partial charge in [0.1, 0.15) is 0 Å². The van der Waals surface area contributed by atoms with Crippen LogP contribution in [0.2, 0.25) is 0 Å². The zero-order chi connectivity index (χ0) is 13.7. The van der Waals surface area contributed by atoms with E-state index in [0.29, 0.717) is 0 Å². The first-order valence-corrected chi connectivity index (χ1v) is 6.84. The number of nitrogens with two attached hydrogens (primary N) is 1. The van der Waals surface area contributed by atoms with Crippen LogP contribution in [-0.4, -0.2) is 7.05 Å². The Balaban J connectivity index is 2.06. The average Bonchev–Trinajstić information content (AvgIpc) is 2.42. The molecule has 2 N–H and O–H groups in total. The van der Waals surface area contributed by atoms with Crippen molar-refractivity contribution in [2.45, 2.75) is 26.3 Å². The Morgan fingerprint density at radius 3 is 2.21 bits per heavy atom. The second-order valence-electron chi connectivity index (χ2n) is 4.98. The fraction of sp³-hybridized carbons (Fsp3) is 0.294. The molecule has 19 heavy (non-hydrogen) atoms. The molecule has 0 heterocycles. The molecule has 0 aromatic heterocycles. The van der Waals surface area contributed by atoms with Crippen LogP contribution in [0, 0.1) is 0 Å². The Bertz CT molecular complexity index is 517. The summed E-state index contributed by atoms with van der Waals surface area (Å²) >= 11 is 0. The molecular weight excluding hydrogens is 232 g/mol. The van der Waals surface area contributed by atoms with Crippen LogP contribution in [0.1, 0.15) is 24.5 Å². The van der Waals surface area contributed by atoms with Crippen LogP contribution in [0.3, 0.4) is 0 Å². The maximum Gasteiger partial charge on any atom is 0.0600 e. The summed E-state index contributed by atoms with van der Waals surface area (Å²) in [5.74, 6) is 0. The number of rotatable bonds is 5.